The molecule has 0 radical (unpaired) electrons. The van der Waals surface area contributed by atoms with Crippen LogP contribution in [-0.4, -0.2) is 34.2 Å². The van der Waals surface area contributed by atoms with Crippen LogP contribution >= 0.6 is 0 Å². The Balaban J connectivity index is 2.14. The van der Waals surface area contributed by atoms with Crippen molar-refractivity contribution in [1.29, 1.82) is 5.26 Å². The van der Waals surface area contributed by atoms with Crippen LogP contribution in [0.3, 0.4) is 0 Å². The lowest BCUT2D eigenvalue weighted by molar-refractivity contribution is -0.134. The second-order valence-electron chi connectivity index (χ2n) is 4.80. The Bertz CT molecular complexity index is 850. The number of benzene rings is 1. The van der Waals surface area contributed by atoms with Gasteiger partial charge in [0.2, 0.25) is 5.71 Å². The second-order valence-corrected chi connectivity index (χ2v) is 4.80. The molecule has 0 aliphatic heterocycles. The molecule has 0 saturated heterocycles. The maximum Gasteiger partial charge on any atom is 0.369 e. The molecule has 9 nitrogen and oxygen atoms in total. The number of nitrogens with zero attached hydrogens (tertiary/aromatic N) is 3. The number of rotatable bonds is 6. The van der Waals surface area contributed by atoms with Crippen molar-refractivity contribution in [3.8, 4) is 6.07 Å². The zero-order valence-electron chi connectivity index (χ0n) is 13.7. The van der Waals surface area contributed by atoms with Crippen LogP contribution < -0.4 is 10.7 Å². The Kier molecular flexibility index (Phi) is 5.84. The van der Waals surface area contributed by atoms with Crippen molar-refractivity contribution >= 4 is 29.1 Å². The van der Waals surface area contributed by atoms with E-state index in [-0.39, 0.29) is 18.1 Å². The first-order valence-corrected chi connectivity index (χ1v) is 7.38. The van der Waals surface area contributed by atoms with Crippen LogP contribution in [0.5, 0.6) is 0 Å². The van der Waals surface area contributed by atoms with Crippen LogP contribution in [0, 0.1) is 18.3 Å². The fraction of sp³-hybridized carbons (Fsp3) is 0.188. The number of nitriles is 1. The first kappa shape index (κ1) is 17.7. The van der Waals surface area contributed by atoms with Crippen molar-refractivity contribution in [2.75, 3.05) is 17.3 Å². The van der Waals surface area contributed by atoms with E-state index in [0.29, 0.717) is 5.69 Å². The minimum absolute atomic E-state index is 0.0723. The molecular weight excluding hydrogens is 324 g/mol. The molecule has 2 aromatic rings. The van der Waals surface area contributed by atoms with Crippen molar-refractivity contribution in [3.05, 3.63) is 41.9 Å². The highest BCUT2D eigenvalue weighted by molar-refractivity contribution is 6.43. The highest BCUT2D eigenvalue weighted by Crippen LogP contribution is 2.16. The van der Waals surface area contributed by atoms with E-state index < -0.39 is 17.6 Å². The number of nitrogens with one attached hydrogen (secondary N) is 3. The quantitative estimate of drug-likeness (QED) is 0.417. The first-order valence-electron chi connectivity index (χ1n) is 7.38. The zero-order valence-corrected chi connectivity index (χ0v) is 13.7. The van der Waals surface area contributed by atoms with Gasteiger partial charge in [-0.15, -0.1) is 0 Å². The molecule has 0 atom stereocenters. The summed E-state index contributed by atoms with van der Waals surface area (Å²) in [5.74, 6) is -1.23. The number of aromatic nitrogens is 2. The Hall–Kier alpha value is -3.67. The highest BCUT2D eigenvalue weighted by atomic mass is 16.5. The molecule has 1 heterocycles. The minimum Gasteiger partial charge on any atom is -0.461 e. The number of carbonyl (C=O) groups excluding carboxylic acids is 2. The number of amides is 1. The summed E-state index contributed by atoms with van der Waals surface area (Å²) in [5, 5.41) is 15.3. The number of carbonyl (C=O) groups is 2. The van der Waals surface area contributed by atoms with Crippen molar-refractivity contribution in [2.24, 2.45) is 5.10 Å². The van der Waals surface area contributed by atoms with E-state index in [1.54, 1.807) is 25.1 Å². The SMILES string of the molecule is CCOC(=O)/C(C#N)=N\Nc1nc[nH]c1C(=O)Nc1ccccc1C. The fourth-order valence-corrected chi connectivity index (χ4v) is 1.87. The van der Waals surface area contributed by atoms with Gasteiger partial charge < -0.3 is 15.0 Å². The first-order chi connectivity index (χ1) is 12.1. The van der Waals surface area contributed by atoms with E-state index >= 15 is 0 Å². The molecule has 3 N–H and O–H groups in total. The van der Waals surface area contributed by atoms with E-state index in [4.69, 9.17) is 10.00 Å². The molecule has 0 unspecified atom stereocenters. The number of imidazole rings is 1. The molecule has 25 heavy (non-hydrogen) atoms. The Morgan fingerprint density at radius 3 is 2.84 bits per heavy atom. The van der Waals surface area contributed by atoms with Crippen LogP contribution in [0.1, 0.15) is 23.0 Å². The van der Waals surface area contributed by atoms with Gasteiger partial charge in [-0.2, -0.15) is 10.4 Å². The molecule has 0 fully saturated rings. The summed E-state index contributed by atoms with van der Waals surface area (Å²) in [6, 6.07) is 8.92. The number of hydrogen-bond donors (Lipinski definition) is 3. The smallest absolute Gasteiger partial charge is 0.369 e. The monoisotopic (exact) mass is 340 g/mol. The number of para-hydroxylation sites is 1. The van der Waals surface area contributed by atoms with Gasteiger partial charge in [-0.25, -0.2) is 9.78 Å². The van der Waals surface area contributed by atoms with Gasteiger partial charge in [0.05, 0.1) is 12.9 Å². The van der Waals surface area contributed by atoms with Crippen molar-refractivity contribution in [2.45, 2.75) is 13.8 Å². The van der Waals surface area contributed by atoms with Gasteiger partial charge in [0.15, 0.2) is 11.5 Å². The van der Waals surface area contributed by atoms with Crippen molar-refractivity contribution < 1.29 is 14.3 Å². The number of hydrazone groups is 1. The largest absolute Gasteiger partial charge is 0.461 e. The van der Waals surface area contributed by atoms with Crippen LogP contribution in [0.25, 0.3) is 0 Å². The second kappa shape index (κ2) is 8.26. The van der Waals surface area contributed by atoms with Gasteiger partial charge in [-0.3, -0.25) is 10.2 Å². The molecule has 1 aromatic carbocycles. The molecule has 0 bridgehead atoms. The van der Waals surface area contributed by atoms with Gasteiger partial charge in [-0.1, -0.05) is 18.2 Å². The van der Waals surface area contributed by atoms with Crippen LogP contribution in [-0.2, 0) is 9.53 Å². The summed E-state index contributed by atoms with van der Waals surface area (Å²) in [4.78, 5) is 30.5. The van der Waals surface area contributed by atoms with Gasteiger partial charge in [-0.05, 0) is 25.5 Å². The molecule has 0 spiro atoms. The van der Waals surface area contributed by atoms with Gasteiger partial charge in [0.1, 0.15) is 6.07 Å². The Morgan fingerprint density at radius 2 is 2.16 bits per heavy atom. The lowest BCUT2D eigenvalue weighted by Crippen LogP contribution is -2.18. The van der Waals surface area contributed by atoms with E-state index in [1.807, 2.05) is 19.1 Å². The average Bonchev–Trinajstić information content (AvgIpc) is 3.06. The van der Waals surface area contributed by atoms with E-state index in [0.717, 1.165) is 5.56 Å². The number of ether oxygens (including phenoxy) is 1. The summed E-state index contributed by atoms with van der Waals surface area (Å²) in [6.45, 7) is 3.60. The number of aromatic amines is 1. The third kappa shape index (κ3) is 4.42. The third-order valence-corrected chi connectivity index (χ3v) is 3.11. The third-order valence-electron chi connectivity index (χ3n) is 3.11. The molecule has 0 aliphatic carbocycles. The molecule has 9 heteroatoms. The minimum atomic E-state index is -0.862. The molecule has 1 amide bonds. The summed E-state index contributed by atoms with van der Waals surface area (Å²) < 4.78 is 4.69. The van der Waals surface area contributed by atoms with E-state index in [9.17, 15) is 9.59 Å². The average molecular weight is 340 g/mol. The van der Waals surface area contributed by atoms with Gasteiger partial charge in [0, 0.05) is 5.69 Å². The van der Waals surface area contributed by atoms with Gasteiger partial charge >= 0.3 is 5.97 Å². The molecule has 128 valence electrons. The van der Waals surface area contributed by atoms with Crippen molar-refractivity contribution in [1.82, 2.24) is 9.97 Å². The molecule has 0 aliphatic rings. The standard InChI is InChI=1S/C16H16N6O3/c1-3-25-16(24)12(8-17)21-22-14-13(18-9-19-14)15(23)20-11-7-5-4-6-10(11)2/h4-7,9,22H,3H2,1-2H3,(H,18,19)(H,20,23)/b21-12-. The van der Waals surface area contributed by atoms with Crippen LogP contribution in [0.15, 0.2) is 35.7 Å². The fourth-order valence-electron chi connectivity index (χ4n) is 1.87. The molecule has 2 rings (SSSR count). The molecule has 1 aromatic heterocycles. The lowest BCUT2D eigenvalue weighted by atomic mass is 10.2. The van der Waals surface area contributed by atoms with Gasteiger partial charge in [0.25, 0.3) is 5.91 Å². The number of hydrogen-bond acceptors (Lipinski definition) is 7. The maximum atomic E-state index is 12.4. The number of aryl methyl sites for hydroxylation is 1. The Labute approximate surface area is 143 Å². The summed E-state index contributed by atoms with van der Waals surface area (Å²) in [6.07, 6.45) is 1.29. The normalized spacial score (nSPS) is 10.7. The summed E-state index contributed by atoms with van der Waals surface area (Å²) >= 11 is 0. The molecule has 0 saturated carbocycles. The number of esters is 1. The van der Waals surface area contributed by atoms with Crippen LogP contribution in [0.4, 0.5) is 11.5 Å². The highest BCUT2D eigenvalue weighted by Gasteiger charge is 2.17. The predicted molar refractivity (Wildman–Crippen MR) is 91.0 cm³/mol. The van der Waals surface area contributed by atoms with Crippen molar-refractivity contribution in [3.63, 3.8) is 0 Å². The molecular formula is C16H16N6O3. The number of H-pyrrole nitrogens is 1. The lowest BCUT2D eigenvalue weighted by Gasteiger charge is -2.08. The van der Waals surface area contributed by atoms with E-state index in [1.165, 1.54) is 6.33 Å². The van der Waals surface area contributed by atoms with E-state index in [2.05, 4.69) is 25.8 Å². The number of anilines is 2. The predicted octanol–water partition coefficient (Wildman–Crippen LogP) is 1.82. The zero-order chi connectivity index (χ0) is 18.2. The Morgan fingerprint density at radius 1 is 1.40 bits per heavy atom. The summed E-state index contributed by atoms with van der Waals surface area (Å²) in [5.41, 5.74) is 3.61. The maximum absolute atomic E-state index is 12.4. The van der Waals surface area contributed by atoms with Crippen LogP contribution in [0.2, 0.25) is 0 Å². The summed E-state index contributed by atoms with van der Waals surface area (Å²) in [7, 11) is 0. The topological polar surface area (TPSA) is 132 Å².